The summed E-state index contributed by atoms with van der Waals surface area (Å²) in [6, 6.07) is 7.82. The first-order chi connectivity index (χ1) is 22.7. The van der Waals surface area contributed by atoms with Crippen LogP contribution in [0.3, 0.4) is 0 Å². The number of hydrogen-bond acceptors (Lipinski definition) is 12. The van der Waals surface area contributed by atoms with Crippen molar-refractivity contribution in [1.82, 2.24) is 9.80 Å². The van der Waals surface area contributed by atoms with E-state index in [2.05, 4.69) is 0 Å². The van der Waals surface area contributed by atoms with Gasteiger partial charge in [0, 0.05) is 18.5 Å². The summed E-state index contributed by atoms with van der Waals surface area (Å²) in [5.74, 6) is -3.39. The molecule has 2 aliphatic heterocycles. The van der Waals surface area contributed by atoms with Crippen molar-refractivity contribution in [1.29, 1.82) is 0 Å². The third kappa shape index (κ3) is 9.79. The normalized spacial score (nSPS) is 42.2. The molecule has 2 aliphatic rings. The molecule has 3 rings (SSSR count). The molecule has 0 aliphatic carbocycles. The molecule has 12 nitrogen and oxygen atoms in total. The maximum absolute atomic E-state index is 13.5. The highest BCUT2D eigenvalue weighted by molar-refractivity contribution is 5.89. The number of hydrogen-bond donors (Lipinski definition) is 4. The molecule has 0 aromatic heterocycles. The first-order valence-electron chi connectivity index (χ1n) is 17.7. The summed E-state index contributed by atoms with van der Waals surface area (Å²) in [5, 5.41) is 46.7. The van der Waals surface area contributed by atoms with Crippen LogP contribution in [-0.4, -0.2) is 136 Å². The molecule has 0 saturated carbocycles. The number of benzene rings is 1. The number of ether oxygens (including phenoxy) is 4. The van der Waals surface area contributed by atoms with Gasteiger partial charge in [0.1, 0.15) is 17.8 Å². The third-order valence-electron chi connectivity index (χ3n) is 10.7. The third-order valence-corrected chi connectivity index (χ3v) is 10.7. The number of rotatable bonds is 6. The summed E-state index contributed by atoms with van der Waals surface area (Å²) >= 11 is 0. The summed E-state index contributed by atoms with van der Waals surface area (Å²) in [6.07, 6.45) is -6.07. The van der Waals surface area contributed by atoms with Crippen molar-refractivity contribution in [2.24, 2.45) is 17.8 Å². The van der Waals surface area contributed by atoms with Crippen LogP contribution in [0.15, 0.2) is 30.3 Å². The molecule has 0 unspecified atom stereocenters. The molecule has 280 valence electrons. The van der Waals surface area contributed by atoms with Crippen LogP contribution >= 0.6 is 0 Å². The summed E-state index contributed by atoms with van der Waals surface area (Å²) in [6.45, 7) is 14.2. The van der Waals surface area contributed by atoms with Crippen LogP contribution in [0.2, 0.25) is 0 Å². The topological polar surface area (TPSA) is 158 Å². The van der Waals surface area contributed by atoms with Crippen LogP contribution in [0.5, 0.6) is 0 Å². The largest absolute Gasteiger partial charge is 0.459 e. The first kappa shape index (κ1) is 41.3. The van der Waals surface area contributed by atoms with Crippen molar-refractivity contribution in [2.75, 3.05) is 27.7 Å². The maximum Gasteiger partial charge on any atom is 0.338 e. The van der Waals surface area contributed by atoms with Gasteiger partial charge in [-0.05, 0) is 93.1 Å². The number of aliphatic hydroxyl groups excluding tert-OH is 2. The van der Waals surface area contributed by atoms with Crippen LogP contribution in [0.1, 0.15) is 85.0 Å². The van der Waals surface area contributed by atoms with E-state index in [1.807, 2.05) is 50.9 Å². The fourth-order valence-electron chi connectivity index (χ4n) is 7.61. The second-order valence-corrected chi connectivity index (χ2v) is 15.4. The van der Waals surface area contributed by atoms with E-state index < -0.39 is 77.8 Å². The molecule has 12 heteroatoms. The molecular formula is C37H62N2O10. The second-order valence-electron chi connectivity index (χ2n) is 15.4. The lowest BCUT2D eigenvalue weighted by Crippen LogP contribution is -2.60. The molecule has 2 heterocycles. The highest BCUT2D eigenvalue weighted by Gasteiger charge is 2.50. The minimum atomic E-state index is -1.78. The fraction of sp³-hybridized carbons (Fsp3) is 0.784. The van der Waals surface area contributed by atoms with Gasteiger partial charge in [-0.15, -0.1) is 0 Å². The predicted molar refractivity (Wildman–Crippen MR) is 185 cm³/mol. The number of aliphatic hydroxyl groups is 4. The Morgan fingerprint density at radius 3 is 2.24 bits per heavy atom. The Kier molecular flexibility index (Phi) is 14.2. The van der Waals surface area contributed by atoms with Gasteiger partial charge in [-0.3, -0.25) is 4.79 Å². The molecule has 2 fully saturated rings. The van der Waals surface area contributed by atoms with E-state index in [9.17, 15) is 30.0 Å². The number of nitrogens with zero attached hydrogens (tertiary/aromatic N) is 2. The second kappa shape index (κ2) is 16.9. The van der Waals surface area contributed by atoms with E-state index in [4.69, 9.17) is 18.9 Å². The van der Waals surface area contributed by atoms with Crippen molar-refractivity contribution in [3.63, 3.8) is 0 Å². The summed E-state index contributed by atoms with van der Waals surface area (Å²) in [5.41, 5.74) is -2.98. The van der Waals surface area contributed by atoms with Gasteiger partial charge >= 0.3 is 11.9 Å². The van der Waals surface area contributed by atoms with Gasteiger partial charge in [-0.1, -0.05) is 39.0 Å². The molecule has 0 bridgehead atoms. The summed E-state index contributed by atoms with van der Waals surface area (Å²) in [4.78, 5) is 30.7. The van der Waals surface area contributed by atoms with Crippen LogP contribution in [-0.2, 0) is 23.7 Å². The highest BCUT2D eigenvalue weighted by Crippen LogP contribution is 2.37. The molecule has 0 amide bonds. The zero-order valence-corrected chi connectivity index (χ0v) is 31.3. The van der Waals surface area contributed by atoms with Crippen molar-refractivity contribution in [3.05, 3.63) is 35.9 Å². The van der Waals surface area contributed by atoms with Crippen LogP contribution in [0.25, 0.3) is 0 Å². The minimum absolute atomic E-state index is 0.148. The first-order valence-corrected chi connectivity index (χ1v) is 17.7. The van der Waals surface area contributed by atoms with Gasteiger partial charge < -0.3 is 49.2 Å². The standard InChI is InChI=1S/C37H62N2O10/c1-12-28-37(8,45)31(41)25(6)39(11)20-21(2)19-36(7,44)32(23(4)29(40)24(5)33(42)47-28)49-35-30(27(38(9)10)18-22(3)46-35)48-34(43)26-16-14-13-15-17-26/h13-17,21-25,27-32,35,40-41,44-45H,12,18-20H2,1-11H3/t21-,22-,23+,24-,25-,27+,28-,29+,30-,31-,32-,35+,36+,37-/m1/s1. The van der Waals surface area contributed by atoms with E-state index in [0.29, 0.717) is 18.5 Å². The molecule has 0 radical (unpaired) electrons. The molecule has 49 heavy (non-hydrogen) atoms. The number of cyclic esters (lactones) is 1. The van der Waals surface area contributed by atoms with Crippen molar-refractivity contribution >= 4 is 11.9 Å². The Labute approximate surface area is 292 Å². The Bertz CT molecular complexity index is 1210. The van der Waals surface area contributed by atoms with E-state index in [1.165, 1.54) is 13.8 Å². The van der Waals surface area contributed by atoms with E-state index in [-0.39, 0.29) is 30.9 Å². The van der Waals surface area contributed by atoms with Gasteiger partial charge in [0.25, 0.3) is 0 Å². The zero-order chi connectivity index (χ0) is 37.0. The zero-order valence-electron chi connectivity index (χ0n) is 31.3. The number of carbonyl (C=O) groups excluding carboxylic acids is 2. The SMILES string of the molecule is CC[C@H]1OC(=O)[C@H](C)[C@@H](O)[C@H](C)[C@@H](O[C@@H]2O[C@H](C)C[C@H](N(C)C)[C@H]2OC(=O)c2ccccc2)[C@@](C)(O)C[C@@H](C)CN(C)[C@H](C)[C@@H](O)[C@]1(C)O. The quantitative estimate of drug-likeness (QED) is 0.323. The van der Waals surface area contributed by atoms with Gasteiger partial charge in [-0.25, -0.2) is 4.79 Å². The molecule has 1 aromatic carbocycles. The molecular weight excluding hydrogens is 632 g/mol. The average molecular weight is 695 g/mol. The Hall–Kier alpha value is -2.16. The smallest absolute Gasteiger partial charge is 0.338 e. The van der Waals surface area contributed by atoms with Crippen LogP contribution < -0.4 is 0 Å². The number of likely N-dealkylation sites (N-methyl/N-ethyl adjacent to an activating group) is 2. The van der Waals surface area contributed by atoms with Gasteiger partial charge in [0.15, 0.2) is 12.4 Å². The van der Waals surface area contributed by atoms with Gasteiger partial charge in [-0.2, -0.15) is 0 Å². The Morgan fingerprint density at radius 1 is 1.06 bits per heavy atom. The Morgan fingerprint density at radius 2 is 1.67 bits per heavy atom. The van der Waals surface area contributed by atoms with Crippen LogP contribution in [0, 0.1) is 17.8 Å². The highest BCUT2D eigenvalue weighted by atomic mass is 16.7. The maximum atomic E-state index is 13.5. The summed E-state index contributed by atoms with van der Waals surface area (Å²) < 4.78 is 24.9. The molecule has 2 saturated heterocycles. The van der Waals surface area contributed by atoms with Crippen molar-refractivity contribution < 1.29 is 49.0 Å². The summed E-state index contributed by atoms with van der Waals surface area (Å²) in [7, 11) is 5.60. The van der Waals surface area contributed by atoms with E-state index >= 15 is 0 Å². The lowest BCUT2D eigenvalue weighted by Gasteiger charge is -2.47. The predicted octanol–water partition coefficient (Wildman–Crippen LogP) is 2.84. The van der Waals surface area contributed by atoms with Gasteiger partial charge in [0.05, 0.1) is 41.4 Å². The number of carbonyl (C=O) groups is 2. The Balaban J connectivity index is 2.06. The number of esters is 2. The average Bonchev–Trinajstić information content (AvgIpc) is 3.04. The van der Waals surface area contributed by atoms with Crippen LogP contribution in [0.4, 0.5) is 0 Å². The minimum Gasteiger partial charge on any atom is -0.459 e. The lowest BCUT2D eigenvalue weighted by atomic mass is 9.78. The molecule has 4 N–H and O–H groups in total. The molecule has 14 atom stereocenters. The van der Waals surface area contributed by atoms with E-state index in [1.54, 1.807) is 52.0 Å². The lowest BCUT2D eigenvalue weighted by molar-refractivity contribution is -0.298. The fourth-order valence-corrected chi connectivity index (χ4v) is 7.61. The molecule has 1 aromatic rings. The monoisotopic (exact) mass is 694 g/mol. The van der Waals surface area contributed by atoms with Crippen molar-refractivity contribution in [2.45, 2.75) is 141 Å². The van der Waals surface area contributed by atoms with E-state index in [0.717, 1.165) is 0 Å². The van der Waals surface area contributed by atoms with Gasteiger partial charge in [0.2, 0.25) is 0 Å². The van der Waals surface area contributed by atoms with Crippen molar-refractivity contribution in [3.8, 4) is 0 Å². The molecule has 0 spiro atoms.